The van der Waals surface area contributed by atoms with Crippen LogP contribution in [0.2, 0.25) is 0 Å². The maximum absolute atomic E-state index is 12.1. The molecule has 0 spiro atoms. The van der Waals surface area contributed by atoms with Crippen molar-refractivity contribution in [3.8, 4) is 5.75 Å². The second-order valence-electron chi connectivity index (χ2n) is 5.53. The summed E-state index contributed by atoms with van der Waals surface area (Å²) in [4.78, 5) is 23.7. The van der Waals surface area contributed by atoms with Gasteiger partial charge in [0.15, 0.2) is 0 Å². The number of nitrogens with one attached hydrogen (secondary N) is 2. The van der Waals surface area contributed by atoms with E-state index in [4.69, 9.17) is 4.74 Å². The molecule has 2 aromatic rings. The van der Waals surface area contributed by atoms with Crippen LogP contribution in [0.4, 0.5) is 5.69 Å². The Morgan fingerprint density at radius 3 is 2.78 bits per heavy atom. The first-order chi connectivity index (χ1) is 11.1. The summed E-state index contributed by atoms with van der Waals surface area (Å²) in [6.07, 6.45) is 0.341. The summed E-state index contributed by atoms with van der Waals surface area (Å²) in [7, 11) is 0. The molecule has 2 amide bonds. The summed E-state index contributed by atoms with van der Waals surface area (Å²) in [6, 6.07) is 12.9. The highest BCUT2D eigenvalue weighted by Gasteiger charge is 2.14. The molecule has 0 fully saturated rings. The van der Waals surface area contributed by atoms with Gasteiger partial charge >= 0.3 is 0 Å². The largest absolute Gasteiger partial charge is 0.491 e. The van der Waals surface area contributed by atoms with Crippen LogP contribution in [-0.4, -0.2) is 18.4 Å². The van der Waals surface area contributed by atoms with Gasteiger partial charge in [-0.3, -0.25) is 9.59 Å². The molecule has 1 aliphatic rings. The van der Waals surface area contributed by atoms with Crippen molar-refractivity contribution in [1.29, 1.82) is 0 Å². The Hall–Kier alpha value is -2.82. The van der Waals surface area contributed by atoms with Gasteiger partial charge < -0.3 is 15.4 Å². The van der Waals surface area contributed by atoms with Gasteiger partial charge in [0, 0.05) is 12.1 Å². The Morgan fingerprint density at radius 2 is 2.00 bits per heavy atom. The number of hydrogen-bond acceptors (Lipinski definition) is 3. The molecule has 0 radical (unpaired) electrons. The highest BCUT2D eigenvalue weighted by molar-refractivity contribution is 5.94. The smallest absolute Gasteiger partial charge is 0.251 e. The minimum absolute atomic E-state index is 0.0652. The fraction of sp³-hybridized carbons (Fsp3) is 0.222. The van der Waals surface area contributed by atoms with E-state index in [1.54, 1.807) is 12.1 Å². The van der Waals surface area contributed by atoms with Gasteiger partial charge in [-0.15, -0.1) is 0 Å². The standard InChI is InChI=1S/C18H18N2O3/c1-12-2-5-14(6-3-12)18(22)19-11-13-4-7-16-15(10-13)20-17(21)8-9-23-16/h2-7,10H,8-9,11H2,1H3,(H,19,22)(H,20,21). The molecule has 118 valence electrons. The monoisotopic (exact) mass is 310 g/mol. The van der Waals surface area contributed by atoms with Crippen molar-refractivity contribution in [1.82, 2.24) is 5.32 Å². The van der Waals surface area contributed by atoms with Crippen molar-refractivity contribution in [2.75, 3.05) is 11.9 Å². The normalized spacial score (nSPS) is 13.3. The van der Waals surface area contributed by atoms with Crippen molar-refractivity contribution in [3.63, 3.8) is 0 Å². The molecule has 5 heteroatoms. The molecule has 0 saturated carbocycles. The number of hydrogen-bond donors (Lipinski definition) is 2. The van der Waals surface area contributed by atoms with Crippen LogP contribution >= 0.6 is 0 Å². The second-order valence-corrected chi connectivity index (χ2v) is 5.53. The number of aryl methyl sites for hydroxylation is 1. The number of fused-ring (bicyclic) bond motifs is 1. The van der Waals surface area contributed by atoms with Crippen LogP contribution < -0.4 is 15.4 Å². The molecule has 2 N–H and O–H groups in total. The summed E-state index contributed by atoms with van der Waals surface area (Å²) in [5.74, 6) is 0.467. The number of ether oxygens (including phenoxy) is 1. The predicted molar refractivity (Wildman–Crippen MR) is 87.5 cm³/mol. The van der Waals surface area contributed by atoms with Gasteiger partial charge in [-0.2, -0.15) is 0 Å². The van der Waals surface area contributed by atoms with E-state index in [0.717, 1.165) is 11.1 Å². The van der Waals surface area contributed by atoms with Crippen LogP contribution in [0.3, 0.4) is 0 Å². The zero-order valence-electron chi connectivity index (χ0n) is 12.9. The molecule has 0 bridgehead atoms. The van der Waals surface area contributed by atoms with Gasteiger partial charge in [0.05, 0.1) is 18.7 Å². The maximum atomic E-state index is 12.1. The van der Waals surface area contributed by atoms with Crippen LogP contribution in [0, 0.1) is 6.92 Å². The molecule has 3 rings (SSSR count). The van der Waals surface area contributed by atoms with E-state index in [0.29, 0.717) is 36.6 Å². The summed E-state index contributed by atoms with van der Waals surface area (Å²) >= 11 is 0. The van der Waals surface area contributed by atoms with E-state index < -0.39 is 0 Å². The third kappa shape index (κ3) is 3.69. The number of carbonyl (C=O) groups excluding carboxylic acids is 2. The first-order valence-electron chi connectivity index (χ1n) is 7.52. The van der Waals surface area contributed by atoms with Crippen molar-refractivity contribution in [2.24, 2.45) is 0 Å². The summed E-state index contributed by atoms with van der Waals surface area (Å²) in [6.45, 7) is 2.74. The molecule has 2 aromatic carbocycles. The Balaban J connectivity index is 1.67. The zero-order valence-corrected chi connectivity index (χ0v) is 12.9. The maximum Gasteiger partial charge on any atom is 0.251 e. The van der Waals surface area contributed by atoms with E-state index in [-0.39, 0.29) is 11.8 Å². The van der Waals surface area contributed by atoms with Crippen LogP contribution in [0.15, 0.2) is 42.5 Å². The third-order valence-corrected chi connectivity index (χ3v) is 3.67. The van der Waals surface area contributed by atoms with E-state index in [1.165, 1.54) is 0 Å². The third-order valence-electron chi connectivity index (χ3n) is 3.67. The first-order valence-corrected chi connectivity index (χ1v) is 7.52. The molecule has 23 heavy (non-hydrogen) atoms. The molecule has 0 aliphatic carbocycles. The van der Waals surface area contributed by atoms with E-state index in [9.17, 15) is 9.59 Å². The lowest BCUT2D eigenvalue weighted by molar-refractivity contribution is -0.116. The van der Waals surface area contributed by atoms with Crippen LogP contribution in [-0.2, 0) is 11.3 Å². The van der Waals surface area contributed by atoms with Gasteiger partial charge in [0.2, 0.25) is 5.91 Å². The van der Waals surface area contributed by atoms with Gasteiger partial charge in [-0.1, -0.05) is 23.8 Å². The molecule has 0 saturated heterocycles. The first kappa shape index (κ1) is 15.1. The van der Waals surface area contributed by atoms with Crippen LogP contribution in [0.25, 0.3) is 0 Å². The number of carbonyl (C=O) groups is 2. The molecular formula is C18H18N2O3. The molecule has 1 heterocycles. The lowest BCUT2D eigenvalue weighted by Crippen LogP contribution is -2.22. The average molecular weight is 310 g/mol. The van der Waals surface area contributed by atoms with Crippen molar-refractivity contribution < 1.29 is 14.3 Å². The molecule has 0 aromatic heterocycles. The predicted octanol–water partition coefficient (Wildman–Crippen LogP) is 2.65. The number of anilines is 1. The second kappa shape index (κ2) is 6.52. The number of rotatable bonds is 3. The molecule has 1 aliphatic heterocycles. The molecular weight excluding hydrogens is 292 g/mol. The Kier molecular flexibility index (Phi) is 4.28. The summed E-state index contributed by atoms with van der Waals surface area (Å²) in [5.41, 5.74) is 3.29. The van der Waals surface area contributed by atoms with E-state index >= 15 is 0 Å². The topological polar surface area (TPSA) is 67.4 Å². The number of amides is 2. The summed E-state index contributed by atoms with van der Waals surface area (Å²) in [5, 5.41) is 5.69. The summed E-state index contributed by atoms with van der Waals surface area (Å²) < 4.78 is 5.51. The van der Waals surface area contributed by atoms with Crippen molar-refractivity contribution in [3.05, 3.63) is 59.2 Å². The molecule has 0 unspecified atom stereocenters. The van der Waals surface area contributed by atoms with Crippen molar-refractivity contribution >= 4 is 17.5 Å². The van der Waals surface area contributed by atoms with Crippen molar-refractivity contribution in [2.45, 2.75) is 19.9 Å². The Labute approximate surface area is 134 Å². The van der Waals surface area contributed by atoms with Gasteiger partial charge in [-0.05, 0) is 36.8 Å². The highest BCUT2D eigenvalue weighted by atomic mass is 16.5. The minimum Gasteiger partial charge on any atom is -0.491 e. The minimum atomic E-state index is -0.125. The molecule has 5 nitrogen and oxygen atoms in total. The zero-order chi connectivity index (χ0) is 16.2. The molecule has 0 atom stereocenters. The average Bonchev–Trinajstić information content (AvgIpc) is 2.73. The fourth-order valence-corrected chi connectivity index (χ4v) is 2.37. The fourth-order valence-electron chi connectivity index (χ4n) is 2.37. The van der Waals surface area contributed by atoms with E-state index in [1.807, 2.05) is 37.3 Å². The van der Waals surface area contributed by atoms with Gasteiger partial charge in [0.25, 0.3) is 5.91 Å². The van der Waals surface area contributed by atoms with E-state index in [2.05, 4.69) is 10.6 Å². The Bertz CT molecular complexity index is 738. The highest BCUT2D eigenvalue weighted by Crippen LogP contribution is 2.28. The van der Waals surface area contributed by atoms with Crippen LogP contribution in [0.1, 0.15) is 27.9 Å². The number of benzene rings is 2. The quantitative estimate of drug-likeness (QED) is 0.916. The SMILES string of the molecule is Cc1ccc(C(=O)NCc2ccc3c(c2)NC(=O)CCO3)cc1. The Morgan fingerprint density at radius 1 is 1.22 bits per heavy atom. The lowest BCUT2D eigenvalue weighted by atomic mass is 10.1. The van der Waals surface area contributed by atoms with Gasteiger partial charge in [0.1, 0.15) is 5.75 Å². The van der Waals surface area contributed by atoms with Gasteiger partial charge in [-0.25, -0.2) is 0 Å². The van der Waals surface area contributed by atoms with Crippen LogP contribution in [0.5, 0.6) is 5.75 Å². The lowest BCUT2D eigenvalue weighted by Gasteiger charge is -2.10.